The SMILES string of the molecule is CCC1CCCCC1C(CN(C)C)OP(O)(=S)S. The number of hydrogen-bond acceptors (Lipinski definition) is 3. The molecule has 1 saturated carbocycles. The van der Waals surface area contributed by atoms with Crippen molar-refractivity contribution >= 4 is 29.7 Å². The van der Waals surface area contributed by atoms with Crippen LogP contribution in [0.5, 0.6) is 0 Å². The van der Waals surface area contributed by atoms with Crippen LogP contribution in [0.2, 0.25) is 0 Å². The molecule has 108 valence electrons. The van der Waals surface area contributed by atoms with Crippen molar-refractivity contribution in [3.63, 3.8) is 0 Å². The van der Waals surface area contributed by atoms with Gasteiger partial charge in [-0.1, -0.05) is 44.9 Å². The van der Waals surface area contributed by atoms with Gasteiger partial charge in [0, 0.05) is 6.54 Å². The summed E-state index contributed by atoms with van der Waals surface area (Å²) < 4.78 is 5.72. The highest BCUT2D eigenvalue weighted by Gasteiger charge is 2.33. The van der Waals surface area contributed by atoms with E-state index >= 15 is 0 Å². The summed E-state index contributed by atoms with van der Waals surface area (Å²) in [6.45, 7) is 3.05. The molecular formula is C12H26NO2PS2. The Morgan fingerprint density at radius 1 is 1.44 bits per heavy atom. The number of thiol groups is 1. The lowest BCUT2D eigenvalue weighted by Crippen LogP contribution is -2.38. The van der Waals surface area contributed by atoms with Gasteiger partial charge in [-0.15, -0.1) is 0 Å². The van der Waals surface area contributed by atoms with Crippen molar-refractivity contribution in [2.24, 2.45) is 11.8 Å². The smallest absolute Gasteiger partial charge is 0.241 e. The maximum absolute atomic E-state index is 9.74. The van der Waals surface area contributed by atoms with Crippen LogP contribution in [0.25, 0.3) is 0 Å². The molecule has 1 aliphatic carbocycles. The minimum absolute atomic E-state index is 0.0126. The van der Waals surface area contributed by atoms with Gasteiger partial charge in [0.1, 0.15) is 0 Å². The van der Waals surface area contributed by atoms with Crippen molar-refractivity contribution in [3.05, 3.63) is 0 Å². The molecule has 0 bridgehead atoms. The van der Waals surface area contributed by atoms with Gasteiger partial charge >= 0.3 is 0 Å². The van der Waals surface area contributed by atoms with E-state index in [4.69, 9.17) is 16.3 Å². The van der Waals surface area contributed by atoms with Crippen LogP contribution in [-0.4, -0.2) is 36.5 Å². The molecule has 0 aromatic heterocycles. The van der Waals surface area contributed by atoms with Crippen molar-refractivity contribution < 1.29 is 9.42 Å². The van der Waals surface area contributed by atoms with E-state index in [-0.39, 0.29) is 6.10 Å². The summed E-state index contributed by atoms with van der Waals surface area (Å²) in [6.07, 6.45) is 6.22. The highest BCUT2D eigenvalue weighted by atomic mass is 32.9. The van der Waals surface area contributed by atoms with Gasteiger partial charge in [-0.25, -0.2) is 0 Å². The van der Waals surface area contributed by atoms with E-state index in [1.165, 1.54) is 32.1 Å². The van der Waals surface area contributed by atoms with E-state index in [1.807, 2.05) is 14.1 Å². The zero-order valence-electron chi connectivity index (χ0n) is 11.6. The molecule has 6 heteroatoms. The Labute approximate surface area is 122 Å². The second-order valence-electron chi connectivity index (χ2n) is 5.51. The van der Waals surface area contributed by atoms with E-state index in [0.717, 1.165) is 6.54 Å². The molecule has 0 aromatic rings. The second-order valence-corrected chi connectivity index (χ2v) is 10.6. The molecule has 18 heavy (non-hydrogen) atoms. The molecule has 0 aromatic carbocycles. The standard InChI is InChI=1S/C12H26NO2PS2/c1-4-10-7-5-6-8-11(10)12(9-13(2)3)15-16(14,17)18/h10-12H,4-9H2,1-3H3,(H2,14,17,18). The molecule has 1 aliphatic rings. The first-order chi connectivity index (χ1) is 8.33. The molecule has 3 nitrogen and oxygen atoms in total. The highest BCUT2D eigenvalue weighted by molar-refractivity contribution is 8.59. The molecule has 0 radical (unpaired) electrons. The lowest BCUT2D eigenvalue weighted by atomic mass is 9.75. The van der Waals surface area contributed by atoms with Crippen LogP contribution < -0.4 is 0 Å². The Hall–Kier alpha value is 0.880. The Bertz CT molecular complexity index is 296. The summed E-state index contributed by atoms with van der Waals surface area (Å²) >= 11 is 8.98. The van der Waals surface area contributed by atoms with Gasteiger partial charge in [-0.05, 0) is 44.2 Å². The number of likely N-dealkylation sites (N-methyl/N-ethyl adjacent to an activating group) is 1. The predicted octanol–water partition coefficient (Wildman–Crippen LogP) is 3.30. The molecular weight excluding hydrogens is 285 g/mol. The molecule has 0 saturated heterocycles. The van der Waals surface area contributed by atoms with Gasteiger partial charge < -0.3 is 14.3 Å². The van der Waals surface area contributed by atoms with Crippen LogP contribution in [-0.2, 0) is 16.3 Å². The predicted molar refractivity (Wildman–Crippen MR) is 84.7 cm³/mol. The molecule has 4 unspecified atom stereocenters. The second kappa shape index (κ2) is 7.61. The van der Waals surface area contributed by atoms with Crippen LogP contribution in [0.3, 0.4) is 0 Å². The van der Waals surface area contributed by atoms with Crippen molar-refractivity contribution in [2.75, 3.05) is 20.6 Å². The fourth-order valence-corrected chi connectivity index (χ4v) is 4.29. The third-order valence-electron chi connectivity index (χ3n) is 3.79. The van der Waals surface area contributed by atoms with Gasteiger partial charge in [0.25, 0.3) is 0 Å². The van der Waals surface area contributed by atoms with Crippen molar-refractivity contribution in [1.29, 1.82) is 0 Å². The van der Waals surface area contributed by atoms with E-state index < -0.39 is 5.69 Å². The first kappa shape index (κ1) is 16.9. The van der Waals surface area contributed by atoms with Gasteiger partial charge in [-0.3, -0.25) is 0 Å². The van der Waals surface area contributed by atoms with Crippen LogP contribution in [0.15, 0.2) is 0 Å². The summed E-state index contributed by atoms with van der Waals surface area (Å²) in [5.41, 5.74) is -2.88. The summed E-state index contributed by atoms with van der Waals surface area (Å²) in [6, 6.07) is 0. The van der Waals surface area contributed by atoms with Gasteiger partial charge in [-0.2, -0.15) is 0 Å². The Balaban J connectivity index is 2.75. The number of rotatable bonds is 6. The summed E-state index contributed by atoms with van der Waals surface area (Å²) in [4.78, 5) is 11.8. The third-order valence-corrected chi connectivity index (χ3v) is 4.87. The largest absolute Gasteiger partial charge is 0.338 e. The van der Waals surface area contributed by atoms with Crippen molar-refractivity contribution in [3.8, 4) is 0 Å². The average Bonchev–Trinajstić information content (AvgIpc) is 2.25. The van der Waals surface area contributed by atoms with E-state index in [9.17, 15) is 4.89 Å². The Morgan fingerprint density at radius 3 is 2.56 bits per heavy atom. The molecule has 0 spiro atoms. The Morgan fingerprint density at radius 2 is 2.06 bits per heavy atom. The van der Waals surface area contributed by atoms with Gasteiger partial charge in [0.2, 0.25) is 5.69 Å². The fraction of sp³-hybridized carbons (Fsp3) is 1.00. The maximum Gasteiger partial charge on any atom is 0.241 e. The molecule has 4 atom stereocenters. The van der Waals surface area contributed by atoms with Gasteiger partial charge in [0.15, 0.2) is 0 Å². The summed E-state index contributed by atoms with van der Waals surface area (Å²) in [7, 11) is 4.05. The normalized spacial score (nSPS) is 30.1. The molecule has 0 aliphatic heterocycles. The van der Waals surface area contributed by atoms with Crippen LogP contribution in [0.4, 0.5) is 0 Å². The molecule has 0 heterocycles. The topological polar surface area (TPSA) is 32.7 Å². The maximum atomic E-state index is 9.74. The lowest BCUT2D eigenvalue weighted by molar-refractivity contribution is 0.0501. The summed E-state index contributed by atoms with van der Waals surface area (Å²) in [5.74, 6) is 1.20. The van der Waals surface area contributed by atoms with Crippen molar-refractivity contribution in [1.82, 2.24) is 4.90 Å². The quantitative estimate of drug-likeness (QED) is 0.582. The lowest BCUT2D eigenvalue weighted by Gasteiger charge is -2.38. The van der Waals surface area contributed by atoms with E-state index in [2.05, 4.69) is 24.1 Å². The first-order valence-corrected chi connectivity index (χ1v) is 10.5. The van der Waals surface area contributed by atoms with Gasteiger partial charge in [0.05, 0.1) is 6.10 Å². The molecule has 1 rings (SSSR count). The average molecular weight is 311 g/mol. The zero-order valence-corrected chi connectivity index (χ0v) is 14.2. The number of nitrogens with zero attached hydrogens (tertiary/aromatic N) is 1. The van der Waals surface area contributed by atoms with E-state index in [0.29, 0.717) is 11.8 Å². The van der Waals surface area contributed by atoms with E-state index in [1.54, 1.807) is 0 Å². The highest BCUT2D eigenvalue weighted by Crippen LogP contribution is 2.51. The van der Waals surface area contributed by atoms with Crippen LogP contribution in [0, 0.1) is 11.8 Å². The Kier molecular flexibility index (Phi) is 7.16. The monoisotopic (exact) mass is 311 g/mol. The first-order valence-electron chi connectivity index (χ1n) is 6.72. The van der Waals surface area contributed by atoms with Crippen molar-refractivity contribution in [2.45, 2.75) is 45.1 Å². The van der Waals surface area contributed by atoms with Crippen LogP contribution in [0.1, 0.15) is 39.0 Å². The molecule has 1 fully saturated rings. The molecule has 0 amide bonds. The summed E-state index contributed by atoms with van der Waals surface area (Å²) in [5, 5.41) is 0. The molecule has 1 N–H and O–H groups in total. The minimum atomic E-state index is -2.88. The zero-order chi connectivity index (χ0) is 13.8. The minimum Gasteiger partial charge on any atom is -0.338 e. The van der Waals surface area contributed by atoms with Crippen LogP contribution >= 0.6 is 17.9 Å². The third kappa shape index (κ3) is 5.89. The number of hydrogen-bond donors (Lipinski definition) is 2. The fourth-order valence-electron chi connectivity index (χ4n) is 3.02.